The minimum atomic E-state index is -1.35. The van der Waals surface area contributed by atoms with Crippen LogP contribution >= 0.6 is 15.9 Å². The van der Waals surface area contributed by atoms with Crippen molar-refractivity contribution in [3.8, 4) is 18.2 Å². The van der Waals surface area contributed by atoms with Gasteiger partial charge in [-0.2, -0.15) is 15.8 Å². The molecule has 0 aromatic heterocycles. The van der Waals surface area contributed by atoms with Gasteiger partial charge in [-0.1, -0.05) is 58.4 Å². The maximum Gasteiger partial charge on any atom is 0.175 e. The predicted octanol–water partition coefficient (Wildman–Crippen LogP) is 4.04. The number of hydrogen-bond donors (Lipinski definition) is 0. The molecule has 0 amide bonds. The van der Waals surface area contributed by atoms with Gasteiger partial charge in [0, 0.05) is 10.4 Å². The van der Waals surface area contributed by atoms with E-state index in [4.69, 9.17) is 0 Å². The highest BCUT2D eigenvalue weighted by molar-refractivity contribution is 9.10. The quantitative estimate of drug-likeness (QED) is 0.822. The molecule has 1 aliphatic carbocycles. The highest BCUT2D eigenvalue weighted by Gasteiger charge is 2.81. The monoisotopic (exact) mass is 347 g/mol. The second-order valence-corrected chi connectivity index (χ2v) is 6.22. The molecule has 2 aromatic rings. The first kappa shape index (κ1) is 14.3. The summed E-state index contributed by atoms with van der Waals surface area (Å²) in [6.45, 7) is 0. The van der Waals surface area contributed by atoms with Gasteiger partial charge in [0.2, 0.25) is 0 Å². The van der Waals surface area contributed by atoms with Crippen LogP contribution in [0.5, 0.6) is 0 Å². The summed E-state index contributed by atoms with van der Waals surface area (Å²) < 4.78 is 0.915. The molecule has 1 aliphatic rings. The first-order chi connectivity index (χ1) is 10.7. The summed E-state index contributed by atoms with van der Waals surface area (Å²) in [5.41, 5.74) is -0.923. The number of benzene rings is 2. The number of hydrogen-bond acceptors (Lipinski definition) is 3. The molecule has 4 heteroatoms. The van der Waals surface area contributed by atoms with Crippen LogP contribution in [0.15, 0.2) is 59.1 Å². The largest absolute Gasteiger partial charge is 0.197 e. The van der Waals surface area contributed by atoms with Crippen LogP contribution in [0.1, 0.15) is 17.0 Å². The van der Waals surface area contributed by atoms with Gasteiger partial charge in [-0.25, -0.2) is 0 Å². The van der Waals surface area contributed by atoms with Crippen LogP contribution < -0.4 is 0 Å². The zero-order valence-electron chi connectivity index (χ0n) is 11.5. The average Bonchev–Trinajstić information content (AvgIpc) is 3.20. The molecule has 0 aliphatic heterocycles. The van der Waals surface area contributed by atoms with Gasteiger partial charge in [0.25, 0.3) is 0 Å². The molecule has 2 aromatic carbocycles. The average molecular weight is 348 g/mol. The molecule has 0 saturated heterocycles. The van der Waals surface area contributed by atoms with Crippen LogP contribution in [0.4, 0.5) is 0 Å². The molecule has 1 saturated carbocycles. The molecule has 0 heterocycles. The van der Waals surface area contributed by atoms with Crippen LogP contribution in [-0.4, -0.2) is 0 Å². The Hall–Kier alpha value is -2.61. The van der Waals surface area contributed by atoms with Crippen molar-refractivity contribution in [3.05, 3.63) is 70.2 Å². The normalized spacial score (nSPS) is 24.5. The zero-order valence-corrected chi connectivity index (χ0v) is 13.1. The summed E-state index contributed by atoms with van der Waals surface area (Å²) in [6, 6.07) is 23.1. The Kier molecular flexibility index (Phi) is 3.25. The van der Waals surface area contributed by atoms with Gasteiger partial charge in [-0.3, -0.25) is 0 Å². The lowest BCUT2D eigenvalue weighted by molar-refractivity contribution is 0.742. The third kappa shape index (κ3) is 1.64. The van der Waals surface area contributed by atoms with Crippen molar-refractivity contribution in [2.24, 2.45) is 5.41 Å². The molecule has 1 fully saturated rings. The number of rotatable bonds is 2. The second-order valence-electron chi connectivity index (χ2n) is 5.30. The Morgan fingerprint density at radius 2 is 1.41 bits per heavy atom. The molecule has 0 radical (unpaired) electrons. The Morgan fingerprint density at radius 3 is 1.91 bits per heavy atom. The van der Waals surface area contributed by atoms with E-state index in [0.717, 1.165) is 10.0 Å². The molecule has 0 unspecified atom stereocenters. The number of halogens is 1. The van der Waals surface area contributed by atoms with Crippen LogP contribution in [0.25, 0.3) is 0 Å². The van der Waals surface area contributed by atoms with Crippen molar-refractivity contribution in [3.63, 3.8) is 0 Å². The van der Waals surface area contributed by atoms with Crippen molar-refractivity contribution < 1.29 is 0 Å². The molecule has 0 N–H and O–H groups in total. The van der Waals surface area contributed by atoms with Gasteiger partial charge in [0.05, 0.1) is 18.2 Å². The summed E-state index contributed by atoms with van der Waals surface area (Å²) >= 11 is 3.37. The van der Waals surface area contributed by atoms with E-state index >= 15 is 0 Å². The van der Waals surface area contributed by atoms with Crippen molar-refractivity contribution in [1.82, 2.24) is 0 Å². The van der Waals surface area contributed by atoms with Crippen LogP contribution in [0, 0.1) is 39.4 Å². The van der Waals surface area contributed by atoms with E-state index in [1.807, 2.05) is 54.6 Å². The second kappa shape index (κ2) is 4.99. The van der Waals surface area contributed by atoms with Crippen molar-refractivity contribution in [2.45, 2.75) is 11.3 Å². The third-order valence-corrected chi connectivity index (χ3v) is 4.89. The topological polar surface area (TPSA) is 71.4 Å². The number of nitriles is 3. The molecule has 3 nitrogen and oxygen atoms in total. The minimum absolute atomic E-state index is 0.449. The maximum atomic E-state index is 9.83. The van der Waals surface area contributed by atoms with Crippen LogP contribution in [0.3, 0.4) is 0 Å². The van der Waals surface area contributed by atoms with Gasteiger partial charge >= 0.3 is 0 Å². The Bertz CT molecular complexity index is 823. The van der Waals surface area contributed by atoms with E-state index in [1.54, 1.807) is 0 Å². The SMILES string of the molecule is N#CC1(C#N)[C@H](c2ccc(Br)cc2)[C@@]1(C#N)c1ccccc1. The molecule has 22 heavy (non-hydrogen) atoms. The van der Waals surface area contributed by atoms with Crippen molar-refractivity contribution in [1.29, 1.82) is 15.8 Å². The predicted molar refractivity (Wildman–Crippen MR) is 84.3 cm³/mol. The van der Waals surface area contributed by atoms with Crippen LogP contribution in [-0.2, 0) is 5.41 Å². The summed E-state index contributed by atoms with van der Waals surface area (Å²) in [7, 11) is 0. The Labute approximate surface area is 137 Å². The first-order valence-electron chi connectivity index (χ1n) is 6.71. The highest BCUT2D eigenvalue weighted by Crippen LogP contribution is 2.73. The summed E-state index contributed by atoms with van der Waals surface area (Å²) in [4.78, 5) is 0. The molecule has 0 spiro atoms. The first-order valence-corrected chi connectivity index (χ1v) is 7.50. The van der Waals surface area contributed by atoms with Crippen molar-refractivity contribution in [2.75, 3.05) is 0 Å². The van der Waals surface area contributed by atoms with E-state index in [2.05, 4.69) is 34.1 Å². The van der Waals surface area contributed by atoms with Crippen LogP contribution in [0.2, 0.25) is 0 Å². The smallest absolute Gasteiger partial charge is 0.175 e. The molecular weight excluding hydrogens is 338 g/mol. The molecule has 104 valence electrons. The molecule has 2 atom stereocenters. The standard InChI is InChI=1S/C18H10BrN3/c19-15-8-6-13(7-9-15)16-17(10-20,11-21)18(16,12-22)14-4-2-1-3-5-14/h1-9,16H/t16-,18+/m0/s1. The third-order valence-electron chi connectivity index (χ3n) is 4.37. The fourth-order valence-corrected chi connectivity index (χ4v) is 3.54. The summed E-state index contributed by atoms with van der Waals surface area (Å²) in [5, 5.41) is 29.1. The Balaban J connectivity index is 2.22. The Morgan fingerprint density at radius 1 is 0.818 bits per heavy atom. The van der Waals surface area contributed by atoms with Gasteiger partial charge in [-0.05, 0) is 23.3 Å². The van der Waals surface area contributed by atoms with E-state index in [1.165, 1.54) is 0 Å². The van der Waals surface area contributed by atoms with Gasteiger partial charge in [0.15, 0.2) is 5.41 Å². The molecule has 3 rings (SSSR count). The van der Waals surface area contributed by atoms with E-state index < -0.39 is 16.7 Å². The highest BCUT2D eigenvalue weighted by atomic mass is 79.9. The molecular formula is C18H10BrN3. The lowest BCUT2D eigenvalue weighted by Crippen LogP contribution is -2.14. The minimum Gasteiger partial charge on any atom is -0.197 e. The number of nitrogens with zero attached hydrogens (tertiary/aromatic N) is 3. The van der Waals surface area contributed by atoms with E-state index in [9.17, 15) is 15.8 Å². The van der Waals surface area contributed by atoms with Crippen molar-refractivity contribution >= 4 is 15.9 Å². The molecule has 0 bridgehead atoms. The summed E-state index contributed by atoms with van der Waals surface area (Å²) in [6.07, 6.45) is 0. The lowest BCUT2D eigenvalue weighted by atomic mass is 9.88. The van der Waals surface area contributed by atoms with Gasteiger partial charge < -0.3 is 0 Å². The zero-order chi connectivity index (χ0) is 15.8. The summed E-state index contributed by atoms with van der Waals surface area (Å²) in [5.74, 6) is -0.449. The van der Waals surface area contributed by atoms with Gasteiger partial charge in [0.1, 0.15) is 5.41 Å². The van der Waals surface area contributed by atoms with E-state index in [0.29, 0.717) is 5.56 Å². The maximum absolute atomic E-state index is 9.83. The fraction of sp³-hybridized carbons (Fsp3) is 0.167. The van der Waals surface area contributed by atoms with E-state index in [-0.39, 0.29) is 0 Å². The van der Waals surface area contributed by atoms with Gasteiger partial charge in [-0.15, -0.1) is 0 Å². The fourth-order valence-electron chi connectivity index (χ4n) is 3.27. The lowest BCUT2D eigenvalue weighted by Gasteiger charge is -2.09.